The molecule has 2 N–H and O–H groups in total. The van der Waals surface area contributed by atoms with Crippen molar-refractivity contribution in [2.45, 2.75) is 66.0 Å². The molecule has 1 aliphatic carbocycles. The van der Waals surface area contributed by atoms with E-state index in [4.69, 9.17) is 9.73 Å². The van der Waals surface area contributed by atoms with Crippen molar-refractivity contribution in [2.24, 2.45) is 18.0 Å². The summed E-state index contributed by atoms with van der Waals surface area (Å²) in [5.41, 5.74) is 3.35. The number of rotatable bonds is 6. The first-order valence-corrected chi connectivity index (χ1v) is 9.66. The Labute approximate surface area is 156 Å². The SMILES string of the molecule is CCNC(=NCc1c(C)nn(C)c1C)NC1CCC(C(=O)OCC)CC1. The number of nitrogens with zero attached hydrogens (tertiary/aromatic N) is 3. The number of guanidine groups is 1. The number of esters is 1. The van der Waals surface area contributed by atoms with Crippen molar-refractivity contribution in [3.8, 4) is 0 Å². The van der Waals surface area contributed by atoms with E-state index in [1.54, 1.807) is 0 Å². The summed E-state index contributed by atoms with van der Waals surface area (Å²) in [6.45, 7) is 9.90. The van der Waals surface area contributed by atoms with Gasteiger partial charge >= 0.3 is 5.97 Å². The summed E-state index contributed by atoms with van der Waals surface area (Å²) < 4.78 is 7.04. The van der Waals surface area contributed by atoms with E-state index in [2.05, 4.69) is 29.6 Å². The second-order valence-electron chi connectivity index (χ2n) is 6.91. The molecule has 1 aliphatic rings. The highest BCUT2D eigenvalue weighted by Crippen LogP contribution is 2.25. The Bertz CT molecular complexity index is 630. The van der Waals surface area contributed by atoms with E-state index >= 15 is 0 Å². The van der Waals surface area contributed by atoms with Gasteiger partial charge in [0.25, 0.3) is 0 Å². The van der Waals surface area contributed by atoms with Crippen molar-refractivity contribution in [3.63, 3.8) is 0 Å². The van der Waals surface area contributed by atoms with Crippen molar-refractivity contribution in [3.05, 3.63) is 17.0 Å². The Morgan fingerprint density at radius 1 is 1.27 bits per heavy atom. The predicted molar refractivity (Wildman–Crippen MR) is 103 cm³/mol. The van der Waals surface area contributed by atoms with Gasteiger partial charge in [0.05, 0.1) is 24.8 Å². The fraction of sp³-hybridized carbons (Fsp3) is 0.737. The summed E-state index contributed by atoms with van der Waals surface area (Å²) in [4.78, 5) is 16.6. The van der Waals surface area contributed by atoms with Crippen LogP contribution in [0.4, 0.5) is 0 Å². The lowest BCUT2D eigenvalue weighted by molar-refractivity contribution is -0.149. The van der Waals surface area contributed by atoms with Gasteiger partial charge in [-0.1, -0.05) is 0 Å². The van der Waals surface area contributed by atoms with Crippen LogP contribution >= 0.6 is 0 Å². The quantitative estimate of drug-likeness (QED) is 0.460. The number of aliphatic imine (C=N–C) groups is 1. The van der Waals surface area contributed by atoms with Crippen molar-refractivity contribution in [2.75, 3.05) is 13.2 Å². The minimum Gasteiger partial charge on any atom is -0.466 e. The molecule has 1 aromatic rings. The normalized spacial score (nSPS) is 20.7. The first kappa shape index (κ1) is 20.3. The van der Waals surface area contributed by atoms with Crippen LogP contribution in [0.5, 0.6) is 0 Å². The van der Waals surface area contributed by atoms with Gasteiger partial charge in [0, 0.05) is 30.9 Å². The van der Waals surface area contributed by atoms with Crippen LogP contribution in [0, 0.1) is 19.8 Å². The number of carbonyl (C=O) groups excluding carboxylic acids is 1. The second-order valence-corrected chi connectivity index (χ2v) is 6.91. The van der Waals surface area contributed by atoms with Gasteiger partial charge in [-0.25, -0.2) is 4.99 Å². The molecule has 0 aliphatic heterocycles. The van der Waals surface area contributed by atoms with Gasteiger partial charge in [0.1, 0.15) is 0 Å². The zero-order valence-electron chi connectivity index (χ0n) is 16.8. The second kappa shape index (κ2) is 9.59. The van der Waals surface area contributed by atoms with Gasteiger partial charge in [-0.3, -0.25) is 9.48 Å². The molecule has 2 rings (SSSR count). The molecule has 146 valence electrons. The van der Waals surface area contributed by atoms with Gasteiger partial charge in [-0.05, 0) is 53.4 Å². The van der Waals surface area contributed by atoms with E-state index in [9.17, 15) is 4.79 Å². The van der Waals surface area contributed by atoms with Crippen LogP contribution in [-0.2, 0) is 23.1 Å². The van der Waals surface area contributed by atoms with Gasteiger partial charge in [0.15, 0.2) is 5.96 Å². The molecule has 0 saturated heterocycles. The third kappa shape index (κ3) is 5.22. The van der Waals surface area contributed by atoms with E-state index < -0.39 is 0 Å². The zero-order chi connectivity index (χ0) is 19.1. The van der Waals surface area contributed by atoms with Crippen LogP contribution in [-0.4, -0.2) is 40.9 Å². The number of hydrogen-bond donors (Lipinski definition) is 2. The molecule has 1 saturated carbocycles. The van der Waals surface area contributed by atoms with Crippen LogP contribution in [0.2, 0.25) is 0 Å². The van der Waals surface area contributed by atoms with Crippen LogP contribution in [0.25, 0.3) is 0 Å². The molecule has 7 nitrogen and oxygen atoms in total. The first-order chi connectivity index (χ1) is 12.5. The largest absolute Gasteiger partial charge is 0.466 e. The average Bonchev–Trinajstić information content (AvgIpc) is 2.86. The molecule has 0 unspecified atom stereocenters. The third-order valence-electron chi connectivity index (χ3n) is 5.09. The van der Waals surface area contributed by atoms with E-state index in [0.717, 1.165) is 49.6 Å². The molecule has 26 heavy (non-hydrogen) atoms. The van der Waals surface area contributed by atoms with Crippen LogP contribution in [0.3, 0.4) is 0 Å². The zero-order valence-corrected chi connectivity index (χ0v) is 16.8. The number of aromatic nitrogens is 2. The maximum absolute atomic E-state index is 11.9. The molecule has 0 atom stereocenters. The number of hydrogen-bond acceptors (Lipinski definition) is 4. The van der Waals surface area contributed by atoms with Gasteiger partial charge in [0.2, 0.25) is 0 Å². The maximum atomic E-state index is 11.9. The van der Waals surface area contributed by atoms with Crippen LogP contribution in [0.15, 0.2) is 4.99 Å². The summed E-state index contributed by atoms with van der Waals surface area (Å²) >= 11 is 0. The molecule has 0 aromatic carbocycles. The summed E-state index contributed by atoms with van der Waals surface area (Å²) in [6.07, 6.45) is 3.66. The highest BCUT2D eigenvalue weighted by atomic mass is 16.5. The number of aryl methyl sites for hydroxylation is 2. The standard InChI is InChI=1S/C19H33N5O2/c1-6-20-19(21-12-17-13(3)23-24(5)14(17)4)22-16-10-8-15(9-11-16)18(25)26-7-2/h15-16H,6-12H2,1-5H3,(H2,20,21,22). The number of ether oxygens (including phenoxy) is 1. The van der Waals surface area contributed by atoms with Crippen molar-refractivity contribution in [1.82, 2.24) is 20.4 Å². The van der Waals surface area contributed by atoms with E-state index in [-0.39, 0.29) is 11.9 Å². The lowest BCUT2D eigenvalue weighted by atomic mass is 9.86. The van der Waals surface area contributed by atoms with Crippen molar-refractivity contribution >= 4 is 11.9 Å². The molecular formula is C19H33N5O2. The van der Waals surface area contributed by atoms with Crippen molar-refractivity contribution in [1.29, 1.82) is 0 Å². The highest BCUT2D eigenvalue weighted by Gasteiger charge is 2.27. The van der Waals surface area contributed by atoms with Crippen LogP contribution < -0.4 is 10.6 Å². The maximum Gasteiger partial charge on any atom is 0.308 e. The molecule has 0 radical (unpaired) electrons. The van der Waals surface area contributed by atoms with E-state index in [1.807, 2.05) is 25.6 Å². The highest BCUT2D eigenvalue weighted by molar-refractivity contribution is 5.80. The predicted octanol–water partition coefficient (Wildman–Crippen LogP) is 2.21. The van der Waals surface area contributed by atoms with Crippen LogP contribution in [0.1, 0.15) is 56.5 Å². The minimum absolute atomic E-state index is 0.0472. The Morgan fingerprint density at radius 3 is 2.50 bits per heavy atom. The summed E-state index contributed by atoms with van der Waals surface area (Å²) in [5.74, 6) is 0.831. The molecule has 1 heterocycles. The van der Waals surface area contributed by atoms with Crippen molar-refractivity contribution < 1.29 is 9.53 Å². The first-order valence-electron chi connectivity index (χ1n) is 9.66. The number of nitrogens with one attached hydrogen (secondary N) is 2. The summed E-state index contributed by atoms with van der Waals surface area (Å²) in [7, 11) is 1.96. The monoisotopic (exact) mass is 363 g/mol. The molecule has 0 bridgehead atoms. The Hall–Kier alpha value is -2.05. The smallest absolute Gasteiger partial charge is 0.308 e. The average molecular weight is 364 g/mol. The molecule has 1 fully saturated rings. The molecule has 0 amide bonds. The van der Waals surface area contributed by atoms with Gasteiger partial charge in [-0.2, -0.15) is 5.10 Å². The Kier molecular flexibility index (Phi) is 7.48. The number of carbonyl (C=O) groups is 1. The fourth-order valence-electron chi connectivity index (χ4n) is 3.45. The van der Waals surface area contributed by atoms with Gasteiger partial charge in [-0.15, -0.1) is 0 Å². The molecule has 0 spiro atoms. The fourth-order valence-corrected chi connectivity index (χ4v) is 3.45. The summed E-state index contributed by atoms with van der Waals surface area (Å²) in [5, 5.41) is 11.3. The lowest BCUT2D eigenvalue weighted by Crippen LogP contribution is -2.45. The minimum atomic E-state index is -0.0472. The summed E-state index contributed by atoms with van der Waals surface area (Å²) in [6, 6.07) is 0.342. The Morgan fingerprint density at radius 2 is 1.96 bits per heavy atom. The topological polar surface area (TPSA) is 80.5 Å². The van der Waals surface area contributed by atoms with E-state index in [0.29, 0.717) is 19.2 Å². The molecule has 1 aromatic heterocycles. The Balaban J connectivity index is 1.93. The lowest BCUT2D eigenvalue weighted by Gasteiger charge is -2.29. The van der Waals surface area contributed by atoms with Gasteiger partial charge < -0.3 is 15.4 Å². The molecular weight excluding hydrogens is 330 g/mol. The van der Waals surface area contributed by atoms with E-state index in [1.165, 1.54) is 5.56 Å². The third-order valence-corrected chi connectivity index (χ3v) is 5.09. The molecule has 7 heteroatoms.